The summed E-state index contributed by atoms with van der Waals surface area (Å²) in [5.74, 6) is 1.33. The lowest BCUT2D eigenvalue weighted by molar-refractivity contribution is 0.00397. The number of hydrogen-bond donors (Lipinski definition) is 1. The molecule has 7 nitrogen and oxygen atoms in total. The second-order valence-electron chi connectivity index (χ2n) is 5.13. The van der Waals surface area contributed by atoms with Gasteiger partial charge in [-0.1, -0.05) is 0 Å². The number of methoxy groups -OCH3 is 1. The van der Waals surface area contributed by atoms with E-state index < -0.39 is 0 Å². The Morgan fingerprint density at radius 2 is 2.33 bits per heavy atom. The summed E-state index contributed by atoms with van der Waals surface area (Å²) in [5.41, 5.74) is 7.26. The molecule has 1 atom stereocenters. The zero-order valence-corrected chi connectivity index (χ0v) is 12.0. The van der Waals surface area contributed by atoms with Gasteiger partial charge in [-0.25, -0.2) is 4.68 Å². The molecule has 3 rings (SSSR count). The molecule has 0 bridgehead atoms. The second-order valence-corrected chi connectivity index (χ2v) is 5.13. The molecule has 112 valence electrons. The van der Waals surface area contributed by atoms with Crippen LogP contribution in [0.4, 0.5) is 5.69 Å². The highest BCUT2D eigenvalue weighted by Crippen LogP contribution is 2.30. The van der Waals surface area contributed by atoms with Crippen molar-refractivity contribution < 1.29 is 9.47 Å². The smallest absolute Gasteiger partial charge is 0.185 e. The third kappa shape index (κ3) is 2.97. The van der Waals surface area contributed by atoms with Crippen molar-refractivity contribution in [1.82, 2.24) is 20.2 Å². The van der Waals surface area contributed by atoms with Crippen molar-refractivity contribution in [3.8, 4) is 17.1 Å². The fourth-order valence-corrected chi connectivity index (χ4v) is 2.56. The van der Waals surface area contributed by atoms with Gasteiger partial charge in [0.2, 0.25) is 0 Å². The Bertz CT molecular complexity index is 607. The summed E-state index contributed by atoms with van der Waals surface area (Å²) in [7, 11) is 1.61. The highest BCUT2D eigenvalue weighted by molar-refractivity contribution is 5.67. The normalized spacial score (nSPS) is 18.6. The van der Waals surface area contributed by atoms with Crippen LogP contribution < -0.4 is 10.5 Å². The Labute approximate surface area is 123 Å². The molecule has 2 N–H and O–H groups in total. The number of rotatable bonds is 4. The molecule has 2 aromatic rings. The average Bonchev–Trinajstić information content (AvgIpc) is 2.96. The summed E-state index contributed by atoms with van der Waals surface area (Å²) in [6.07, 6.45) is 3.52. The van der Waals surface area contributed by atoms with E-state index >= 15 is 0 Å². The van der Waals surface area contributed by atoms with Gasteiger partial charge in [0.1, 0.15) is 5.75 Å². The number of tetrazole rings is 1. The molecule has 0 saturated carbocycles. The molecule has 0 radical (unpaired) electrons. The number of benzene rings is 1. The van der Waals surface area contributed by atoms with Gasteiger partial charge in [0, 0.05) is 18.4 Å². The first-order chi connectivity index (χ1) is 10.3. The van der Waals surface area contributed by atoms with Crippen LogP contribution in [0.1, 0.15) is 19.3 Å². The minimum absolute atomic E-state index is 0.167. The van der Waals surface area contributed by atoms with Gasteiger partial charge in [-0.3, -0.25) is 0 Å². The summed E-state index contributed by atoms with van der Waals surface area (Å²) < 4.78 is 12.9. The van der Waals surface area contributed by atoms with Gasteiger partial charge < -0.3 is 15.2 Å². The molecule has 0 spiro atoms. The van der Waals surface area contributed by atoms with Crippen LogP contribution in [-0.4, -0.2) is 40.0 Å². The lowest BCUT2D eigenvalue weighted by Gasteiger charge is -2.22. The van der Waals surface area contributed by atoms with Gasteiger partial charge in [-0.2, -0.15) is 0 Å². The van der Waals surface area contributed by atoms with Crippen molar-refractivity contribution in [3.63, 3.8) is 0 Å². The Hall–Kier alpha value is -2.15. The van der Waals surface area contributed by atoms with Crippen LogP contribution in [0.15, 0.2) is 18.2 Å². The number of nitrogens with two attached hydrogens (primary N) is 1. The van der Waals surface area contributed by atoms with Gasteiger partial charge in [-0.15, -0.1) is 5.10 Å². The van der Waals surface area contributed by atoms with Crippen LogP contribution in [0.5, 0.6) is 5.75 Å². The predicted molar refractivity (Wildman–Crippen MR) is 77.8 cm³/mol. The molecule has 0 amide bonds. The van der Waals surface area contributed by atoms with Crippen LogP contribution in [0.25, 0.3) is 11.4 Å². The van der Waals surface area contributed by atoms with E-state index in [4.69, 9.17) is 15.2 Å². The fraction of sp³-hybridized carbons (Fsp3) is 0.500. The largest absolute Gasteiger partial charge is 0.496 e. The first-order valence-electron chi connectivity index (χ1n) is 7.09. The molecule has 1 saturated heterocycles. The summed E-state index contributed by atoms with van der Waals surface area (Å²) in [5, 5.41) is 12.0. The standard InChI is InChI=1S/C14H19N5O2/c1-20-13-8-10(15)5-6-12(13)14-16-17-18-19(14)9-11-4-2-3-7-21-11/h5-6,8,11H,2-4,7,9,15H2,1H3. The maximum absolute atomic E-state index is 5.79. The summed E-state index contributed by atoms with van der Waals surface area (Å²) in [4.78, 5) is 0. The zero-order valence-electron chi connectivity index (χ0n) is 12.0. The zero-order chi connectivity index (χ0) is 14.7. The molecule has 1 aromatic carbocycles. The van der Waals surface area contributed by atoms with Gasteiger partial charge >= 0.3 is 0 Å². The van der Waals surface area contributed by atoms with E-state index in [1.165, 1.54) is 6.42 Å². The van der Waals surface area contributed by atoms with Crippen molar-refractivity contribution in [3.05, 3.63) is 18.2 Å². The average molecular weight is 289 g/mol. The number of aromatic nitrogens is 4. The van der Waals surface area contributed by atoms with Gasteiger partial charge in [0.25, 0.3) is 0 Å². The fourth-order valence-electron chi connectivity index (χ4n) is 2.56. The highest BCUT2D eigenvalue weighted by Gasteiger charge is 2.19. The summed E-state index contributed by atoms with van der Waals surface area (Å²) in [6.45, 7) is 1.46. The Balaban J connectivity index is 1.88. The Morgan fingerprint density at radius 1 is 1.43 bits per heavy atom. The maximum atomic E-state index is 5.79. The molecule has 1 aromatic heterocycles. The van der Waals surface area contributed by atoms with Crippen molar-refractivity contribution in [2.45, 2.75) is 31.9 Å². The first kappa shape index (κ1) is 13.8. The van der Waals surface area contributed by atoms with Crippen molar-refractivity contribution in [2.24, 2.45) is 0 Å². The molecule has 21 heavy (non-hydrogen) atoms. The van der Waals surface area contributed by atoms with Crippen LogP contribution in [-0.2, 0) is 11.3 Å². The molecule has 1 aliphatic rings. The molecule has 1 aliphatic heterocycles. The molecule has 7 heteroatoms. The van der Waals surface area contributed by atoms with Crippen LogP contribution in [0.2, 0.25) is 0 Å². The van der Waals surface area contributed by atoms with Crippen LogP contribution in [0, 0.1) is 0 Å². The maximum Gasteiger partial charge on any atom is 0.185 e. The number of ether oxygens (including phenoxy) is 2. The topological polar surface area (TPSA) is 88.1 Å². The van der Waals surface area contributed by atoms with Gasteiger partial charge in [0.15, 0.2) is 5.82 Å². The second kappa shape index (κ2) is 6.09. The molecular weight excluding hydrogens is 270 g/mol. The quantitative estimate of drug-likeness (QED) is 0.858. The van der Waals surface area contributed by atoms with Gasteiger partial charge in [-0.05, 0) is 41.8 Å². The van der Waals surface area contributed by atoms with Crippen molar-refractivity contribution in [2.75, 3.05) is 19.5 Å². The Morgan fingerprint density at radius 3 is 3.10 bits per heavy atom. The SMILES string of the molecule is COc1cc(N)ccc1-c1nnnn1CC1CCCCO1. The monoisotopic (exact) mass is 289 g/mol. The molecular formula is C14H19N5O2. The molecule has 1 fully saturated rings. The van der Waals surface area contributed by atoms with E-state index in [0.717, 1.165) is 25.0 Å². The van der Waals surface area contributed by atoms with Crippen LogP contribution >= 0.6 is 0 Å². The number of nitrogens with zero attached hydrogens (tertiary/aromatic N) is 4. The molecule has 2 heterocycles. The number of anilines is 1. The lowest BCUT2D eigenvalue weighted by Crippen LogP contribution is -2.25. The van der Waals surface area contributed by atoms with E-state index in [1.54, 1.807) is 17.9 Å². The van der Waals surface area contributed by atoms with Crippen LogP contribution in [0.3, 0.4) is 0 Å². The first-order valence-corrected chi connectivity index (χ1v) is 7.09. The van der Waals surface area contributed by atoms with Crippen molar-refractivity contribution in [1.29, 1.82) is 0 Å². The van der Waals surface area contributed by atoms with Crippen molar-refractivity contribution >= 4 is 5.69 Å². The van der Waals surface area contributed by atoms with E-state index in [9.17, 15) is 0 Å². The molecule has 0 aliphatic carbocycles. The molecule has 1 unspecified atom stereocenters. The summed E-state index contributed by atoms with van der Waals surface area (Å²) >= 11 is 0. The third-order valence-electron chi connectivity index (χ3n) is 3.65. The van der Waals surface area contributed by atoms with Gasteiger partial charge in [0.05, 0.1) is 25.3 Å². The Kier molecular flexibility index (Phi) is 4.01. The summed E-state index contributed by atoms with van der Waals surface area (Å²) in [6, 6.07) is 5.46. The predicted octanol–water partition coefficient (Wildman–Crippen LogP) is 1.50. The number of nitrogen functional groups attached to an aromatic ring is 1. The lowest BCUT2D eigenvalue weighted by atomic mass is 10.1. The van der Waals surface area contributed by atoms with E-state index in [-0.39, 0.29) is 6.10 Å². The third-order valence-corrected chi connectivity index (χ3v) is 3.65. The van der Waals surface area contributed by atoms with E-state index in [2.05, 4.69) is 15.5 Å². The minimum atomic E-state index is 0.167. The van der Waals surface area contributed by atoms with E-state index in [0.29, 0.717) is 23.8 Å². The number of hydrogen-bond acceptors (Lipinski definition) is 6. The van der Waals surface area contributed by atoms with E-state index in [1.807, 2.05) is 12.1 Å². The highest BCUT2D eigenvalue weighted by atomic mass is 16.5. The minimum Gasteiger partial charge on any atom is -0.496 e.